The number of nitrogens with one attached hydrogen (secondary N) is 3. The van der Waals surface area contributed by atoms with Crippen LogP contribution >= 0.6 is 0 Å². The van der Waals surface area contributed by atoms with Gasteiger partial charge in [-0.1, -0.05) is 60.7 Å². The van der Waals surface area contributed by atoms with Crippen LogP contribution in [0.5, 0.6) is 5.75 Å². The van der Waals surface area contributed by atoms with Gasteiger partial charge in [0.1, 0.15) is 11.8 Å². The first-order valence-corrected chi connectivity index (χ1v) is 12.1. The zero-order valence-electron chi connectivity index (χ0n) is 20.3. The van der Waals surface area contributed by atoms with Gasteiger partial charge < -0.3 is 26.5 Å². The lowest BCUT2D eigenvalue weighted by Gasteiger charge is -2.23. The number of aromatic amines is 1. The van der Waals surface area contributed by atoms with Crippen molar-refractivity contribution in [2.24, 2.45) is 5.73 Å². The molecule has 0 aliphatic carbocycles. The Bertz CT molecular complexity index is 1300. The predicted octanol–water partition coefficient (Wildman–Crippen LogP) is 3.22. The number of hydrogen-bond donors (Lipinski definition) is 5. The largest absolute Gasteiger partial charge is 0.508 e. The number of nitrogens with two attached hydrogens (primary N) is 1. The number of carbonyl (C=O) groups is 2. The number of para-hydroxylation sites is 1. The molecule has 2 amide bonds. The monoisotopic (exact) mass is 484 g/mol. The number of aromatic nitrogens is 1. The molecular weight excluding hydrogens is 452 g/mol. The highest BCUT2D eigenvalue weighted by Gasteiger charge is 2.25. The van der Waals surface area contributed by atoms with Crippen molar-refractivity contribution in [3.63, 3.8) is 0 Å². The summed E-state index contributed by atoms with van der Waals surface area (Å²) in [5.41, 5.74) is 10.1. The lowest BCUT2D eigenvalue weighted by molar-refractivity contribution is -0.129. The Morgan fingerprint density at radius 1 is 0.833 bits per heavy atom. The Kier molecular flexibility index (Phi) is 8.02. The summed E-state index contributed by atoms with van der Waals surface area (Å²) in [6, 6.07) is 22.5. The summed E-state index contributed by atoms with van der Waals surface area (Å²) in [6.45, 7) is 1.96. The lowest BCUT2D eigenvalue weighted by atomic mass is 10.0. The van der Waals surface area contributed by atoms with E-state index in [1.54, 1.807) is 24.3 Å². The molecule has 186 valence electrons. The molecule has 0 saturated heterocycles. The number of carbonyl (C=O) groups excluding carboxylic acids is 2. The number of hydrogen-bond acceptors (Lipinski definition) is 4. The van der Waals surface area contributed by atoms with Crippen molar-refractivity contribution in [1.82, 2.24) is 15.6 Å². The Hall–Kier alpha value is -4.10. The van der Waals surface area contributed by atoms with E-state index in [1.807, 2.05) is 61.7 Å². The van der Waals surface area contributed by atoms with Crippen molar-refractivity contribution in [2.75, 3.05) is 0 Å². The number of amides is 2. The van der Waals surface area contributed by atoms with Gasteiger partial charge in [0, 0.05) is 29.6 Å². The van der Waals surface area contributed by atoms with Gasteiger partial charge >= 0.3 is 0 Å². The van der Waals surface area contributed by atoms with Crippen molar-refractivity contribution in [3.8, 4) is 5.75 Å². The third-order valence-electron chi connectivity index (χ3n) is 6.23. The first-order valence-electron chi connectivity index (χ1n) is 12.1. The second-order valence-electron chi connectivity index (χ2n) is 9.20. The third-order valence-corrected chi connectivity index (χ3v) is 6.23. The minimum atomic E-state index is -0.829. The second-order valence-corrected chi connectivity index (χ2v) is 9.20. The van der Waals surface area contributed by atoms with E-state index in [0.717, 1.165) is 27.6 Å². The molecule has 1 aromatic heterocycles. The number of aromatic hydroxyl groups is 1. The smallest absolute Gasteiger partial charge is 0.243 e. The standard InChI is InChI=1S/C29H32N4O3/c1-19(15-22-18-31-26-10-6-5-9-24(22)26)32-29(36)27(17-20-7-3-2-4-8-20)33-28(35)25(30)16-21-11-13-23(34)14-12-21/h2-14,18-19,25,27,31,34H,15-17,30H2,1H3,(H,32,36)(H,33,35)/t19?,25?,27-/m0/s1. The Morgan fingerprint density at radius 2 is 1.50 bits per heavy atom. The van der Waals surface area contributed by atoms with E-state index in [1.165, 1.54) is 0 Å². The fourth-order valence-electron chi connectivity index (χ4n) is 4.34. The quantitative estimate of drug-likeness (QED) is 0.237. The Balaban J connectivity index is 1.42. The van der Waals surface area contributed by atoms with Crippen LogP contribution in [0.3, 0.4) is 0 Å². The highest BCUT2D eigenvalue weighted by Crippen LogP contribution is 2.19. The molecule has 4 aromatic rings. The summed E-state index contributed by atoms with van der Waals surface area (Å²) in [4.78, 5) is 29.5. The molecule has 3 aromatic carbocycles. The molecule has 0 spiro atoms. The van der Waals surface area contributed by atoms with Gasteiger partial charge in [0.2, 0.25) is 11.8 Å². The SMILES string of the molecule is CC(Cc1c[nH]c2ccccc12)NC(=O)[C@H](Cc1ccccc1)NC(=O)C(N)Cc1ccc(O)cc1. The topological polar surface area (TPSA) is 120 Å². The maximum Gasteiger partial charge on any atom is 0.243 e. The number of H-pyrrole nitrogens is 1. The van der Waals surface area contributed by atoms with Crippen LogP contribution in [-0.2, 0) is 28.9 Å². The normalized spacial score (nSPS) is 13.6. The van der Waals surface area contributed by atoms with Gasteiger partial charge in [0.15, 0.2) is 0 Å². The third kappa shape index (κ3) is 6.52. The van der Waals surface area contributed by atoms with E-state index in [0.29, 0.717) is 19.3 Å². The van der Waals surface area contributed by atoms with Crippen molar-refractivity contribution >= 4 is 22.7 Å². The fraction of sp³-hybridized carbons (Fsp3) is 0.241. The zero-order valence-corrected chi connectivity index (χ0v) is 20.3. The molecule has 4 rings (SSSR count). The molecule has 2 unspecified atom stereocenters. The van der Waals surface area contributed by atoms with Gasteiger partial charge in [-0.2, -0.15) is 0 Å². The van der Waals surface area contributed by atoms with E-state index in [4.69, 9.17) is 5.73 Å². The highest BCUT2D eigenvalue weighted by atomic mass is 16.3. The number of benzene rings is 3. The van der Waals surface area contributed by atoms with Gasteiger partial charge in [-0.05, 0) is 54.7 Å². The summed E-state index contributed by atoms with van der Waals surface area (Å²) in [5.74, 6) is -0.502. The molecular formula is C29H32N4O3. The van der Waals surface area contributed by atoms with Crippen LogP contribution in [0.1, 0.15) is 23.6 Å². The summed E-state index contributed by atoms with van der Waals surface area (Å²) in [7, 11) is 0. The van der Waals surface area contributed by atoms with E-state index < -0.39 is 18.0 Å². The van der Waals surface area contributed by atoms with Gasteiger partial charge in [-0.15, -0.1) is 0 Å². The maximum atomic E-state index is 13.3. The molecule has 0 bridgehead atoms. The van der Waals surface area contributed by atoms with Crippen LogP contribution in [0.2, 0.25) is 0 Å². The van der Waals surface area contributed by atoms with E-state index in [2.05, 4.69) is 21.7 Å². The summed E-state index contributed by atoms with van der Waals surface area (Å²) >= 11 is 0. The minimum absolute atomic E-state index is 0.141. The number of phenolic OH excluding ortho intramolecular Hbond substituents is 1. The second kappa shape index (κ2) is 11.6. The average molecular weight is 485 g/mol. The van der Waals surface area contributed by atoms with Crippen molar-refractivity contribution in [1.29, 1.82) is 0 Å². The molecule has 0 aliphatic heterocycles. The molecule has 6 N–H and O–H groups in total. The Morgan fingerprint density at radius 3 is 2.25 bits per heavy atom. The van der Waals surface area contributed by atoms with Gasteiger partial charge in [-0.3, -0.25) is 9.59 Å². The number of rotatable bonds is 10. The fourth-order valence-corrected chi connectivity index (χ4v) is 4.34. The van der Waals surface area contributed by atoms with Crippen LogP contribution in [0, 0.1) is 0 Å². The molecule has 3 atom stereocenters. The van der Waals surface area contributed by atoms with Crippen molar-refractivity contribution in [2.45, 2.75) is 44.3 Å². The van der Waals surface area contributed by atoms with Gasteiger partial charge in [-0.25, -0.2) is 0 Å². The van der Waals surface area contributed by atoms with Crippen molar-refractivity contribution in [3.05, 3.63) is 102 Å². The summed E-state index contributed by atoms with van der Waals surface area (Å²) in [6.07, 6.45) is 3.27. The molecule has 0 saturated carbocycles. The summed E-state index contributed by atoms with van der Waals surface area (Å²) in [5, 5.41) is 16.5. The van der Waals surface area contributed by atoms with Crippen LogP contribution in [0.25, 0.3) is 10.9 Å². The summed E-state index contributed by atoms with van der Waals surface area (Å²) < 4.78 is 0. The van der Waals surface area contributed by atoms with Crippen LogP contribution < -0.4 is 16.4 Å². The van der Waals surface area contributed by atoms with E-state index >= 15 is 0 Å². The van der Waals surface area contributed by atoms with Crippen molar-refractivity contribution < 1.29 is 14.7 Å². The molecule has 7 nitrogen and oxygen atoms in total. The Labute approximate surface area is 210 Å². The van der Waals surface area contributed by atoms with Crippen LogP contribution in [0.15, 0.2) is 85.1 Å². The molecule has 36 heavy (non-hydrogen) atoms. The number of fused-ring (bicyclic) bond motifs is 1. The van der Waals surface area contributed by atoms with Crippen LogP contribution in [0.4, 0.5) is 0 Å². The molecule has 7 heteroatoms. The lowest BCUT2D eigenvalue weighted by Crippen LogP contribution is -2.54. The van der Waals surface area contributed by atoms with Crippen LogP contribution in [-0.4, -0.2) is 40.0 Å². The molecule has 0 radical (unpaired) electrons. The first kappa shape index (κ1) is 25.0. The zero-order chi connectivity index (χ0) is 25.5. The average Bonchev–Trinajstić information content (AvgIpc) is 3.28. The first-order chi connectivity index (χ1) is 17.4. The highest BCUT2D eigenvalue weighted by molar-refractivity contribution is 5.90. The maximum absolute atomic E-state index is 13.3. The van der Waals surface area contributed by atoms with Gasteiger partial charge in [0.25, 0.3) is 0 Å². The molecule has 0 aliphatic rings. The molecule has 0 fully saturated rings. The molecule has 1 heterocycles. The number of phenols is 1. The van der Waals surface area contributed by atoms with E-state index in [-0.39, 0.29) is 17.7 Å². The minimum Gasteiger partial charge on any atom is -0.508 e. The van der Waals surface area contributed by atoms with Gasteiger partial charge in [0.05, 0.1) is 6.04 Å². The van der Waals surface area contributed by atoms with E-state index in [9.17, 15) is 14.7 Å². The predicted molar refractivity (Wildman–Crippen MR) is 141 cm³/mol.